The van der Waals surface area contributed by atoms with E-state index in [1.165, 1.54) is 6.42 Å². The van der Waals surface area contributed by atoms with Crippen molar-refractivity contribution in [1.29, 1.82) is 0 Å². The van der Waals surface area contributed by atoms with Gasteiger partial charge in [-0.05, 0) is 44.9 Å². The summed E-state index contributed by atoms with van der Waals surface area (Å²) in [4.78, 5) is 12.0. The monoisotopic (exact) mass is 240 g/mol. The molecule has 2 fully saturated rings. The second-order valence-electron chi connectivity index (χ2n) is 5.87. The van der Waals surface area contributed by atoms with Gasteiger partial charge in [-0.15, -0.1) is 0 Å². The van der Waals surface area contributed by atoms with Crippen LogP contribution in [0.5, 0.6) is 0 Å². The van der Waals surface area contributed by atoms with Crippen LogP contribution in [-0.4, -0.2) is 23.3 Å². The smallest absolute Gasteiger partial charge is 0.314 e. The predicted octanol–water partition coefficient (Wildman–Crippen LogP) is 2.66. The van der Waals surface area contributed by atoms with Gasteiger partial charge in [0.2, 0.25) is 0 Å². The van der Waals surface area contributed by atoms with Crippen molar-refractivity contribution >= 4 is 5.97 Å². The zero-order chi connectivity index (χ0) is 12.5. The van der Waals surface area contributed by atoms with Crippen LogP contribution in [0.3, 0.4) is 0 Å². The van der Waals surface area contributed by atoms with E-state index in [0.717, 1.165) is 38.5 Å². The highest BCUT2D eigenvalue weighted by Gasteiger charge is 2.64. The maximum absolute atomic E-state index is 12.0. The maximum atomic E-state index is 12.0. The first-order valence-electron chi connectivity index (χ1n) is 6.94. The Bertz CT molecular complexity index is 296. The van der Waals surface area contributed by atoms with E-state index < -0.39 is 11.0 Å². The second kappa shape index (κ2) is 4.60. The molecule has 0 heterocycles. The lowest BCUT2D eigenvalue weighted by Crippen LogP contribution is -2.45. The van der Waals surface area contributed by atoms with Crippen molar-refractivity contribution in [3.8, 4) is 0 Å². The van der Waals surface area contributed by atoms with E-state index in [1.807, 2.05) is 6.92 Å². The molecule has 2 aliphatic rings. The van der Waals surface area contributed by atoms with Gasteiger partial charge in [0.1, 0.15) is 0 Å². The molecule has 98 valence electrons. The molecule has 0 aromatic heterocycles. The van der Waals surface area contributed by atoms with Crippen LogP contribution in [0.25, 0.3) is 0 Å². The zero-order valence-corrected chi connectivity index (χ0v) is 11.0. The first-order chi connectivity index (χ1) is 8.04. The molecule has 0 aliphatic heterocycles. The predicted molar refractivity (Wildman–Crippen MR) is 65.5 cm³/mol. The van der Waals surface area contributed by atoms with Crippen LogP contribution in [-0.2, 0) is 9.53 Å². The molecule has 0 radical (unpaired) electrons. The summed E-state index contributed by atoms with van der Waals surface area (Å²) in [6.45, 7) is 4.47. The van der Waals surface area contributed by atoms with E-state index in [9.17, 15) is 9.90 Å². The number of esters is 1. The summed E-state index contributed by atoms with van der Waals surface area (Å²) in [6, 6.07) is 0. The molecule has 0 amide bonds. The zero-order valence-electron chi connectivity index (χ0n) is 11.0. The van der Waals surface area contributed by atoms with Crippen LogP contribution in [0, 0.1) is 11.3 Å². The van der Waals surface area contributed by atoms with E-state index in [2.05, 4.69) is 6.92 Å². The van der Waals surface area contributed by atoms with Gasteiger partial charge in [0.05, 0.1) is 17.6 Å². The molecule has 2 aliphatic carbocycles. The minimum atomic E-state index is -0.802. The minimum absolute atomic E-state index is 0.169. The van der Waals surface area contributed by atoms with Gasteiger partial charge in [0.15, 0.2) is 0 Å². The molecular formula is C14H24O3. The first kappa shape index (κ1) is 12.9. The topological polar surface area (TPSA) is 46.5 Å². The van der Waals surface area contributed by atoms with Crippen molar-refractivity contribution in [2.75, 3.05) is 6.61 Å². The lowest BCUT2D eigenvalue weighted by atomic mass is 9.78. The number of carbonyl (C=O) groups is 1. The van der Waals surface area contributed by atoms with Crippen molar-refractivity contribution < 1.29 is 14.6 Å². The third kappa shape index (κ3) is 2.22. The highest BCUT2D eigenvalue weighted by atomic mass is 16.5. The first-order valence-corrected chi connectivity index (χ1v) is 6.94. The van der Waals surface area contributed by atoms with Crippen LogP contribution in [0.15, 0.2) is 0 Å². The Morgan fingerprint density at radius 1 is 1.29 bits per heavy atom. The molecule has 3 heteroatoms. The van der Waals surface area contributed by atoms with Gasteiger partial charge in [0.25, 0.3) is 0 Å². The van der Waals surface area contributed by atoms with Crippen molar-refractivity contribution in [2.45, 2.75) is 64.4 Å². The number of hydrogen-bond donors (Lipinski definition) is 1. The van der Waals surface area contributed by atoms with Crippen LogP contribution < -0.4 is 0 Å². The van der Waals surface area contributed by atoms with Crippen molar-refractivity contribution in [2.24, 2.45) is 11.3 Å². The van der Waals surface area contributed by atoms with Gasteiger partial charge in [0, 0.05) is 0 Å². The van der Waals surface area contributed by atoms with E-state index in [4.69, 9.17) is 4.74 Å². The highest BCUT2D eigenvalue weighted by molar-refractivity contribution is 5.81. The summed E-state index contributed by atoms with van der Waals surface area (Å²) in [5.74, 6) is 0.499. The second-order valence-corrected chi connectivity index (χ2v) is 5.87. The van der Waals surface area contributed by atoms with Crippen LogP contribution in [0.2, 0.25) is 0 Å². The average Bonchev–Trinajstić information content (AvgIpc) is 3.07. The lowest BCUT2D eigenvalue weighted by molar-refractivity contribution is -0.163. The molecule has 2 atom stereocenters. The molecule has 2 saturated carbocycles. The minimum Gasteiger partial charge on any atom is -0.465 e. The molecule has 3 nitrogen and oxygen atoms in total. The molecule has 0 bridgehead atoms. The van der Waals surface area contributed by atoms with E-state index >= 15 is 0 Å². The third-order valence-electron chi connectivity index (χ3n) is 4.64. The maximum Gasteiger partial charge on any atom is 0.314 e. The summed E-state index contributed by atoms with van der Waals surface area (Å²) in [5, 5.41) is 10.9. The van der Waals surface area contributed by atoms with Gasteiger partial charge in [-0.2, -0.15) is 0 Å². The molecule has 2 rings (SSSR count). The molecule has 0 saturated heterocycles. The number of ether oxygens (including phenoxy) is 1. The Kier molecular flexibility index (Phi) is 3.48. The standard InChI is InChI=1S/C14H24O3/c1-3-17-12(15)13(9-10-13)14(16)7-4-5-11(2)6-8-14/h11,16H,3-10H2,1-2H3. The normalized spacial score (nSPS) is 36.1. The molecule has 0 aromatic rings. The third-order valence-corrected chi connectivity index (χ3v) is 4.64. The summed E-state index contributed by atoms with van der Waals surface area (Å²) in [5.41, 5.74) is -1.36. The van der Waals surface area contributed by atoms with Gasteiger partial charge < -0.3 is 9.84 Å². The quantitative estimate of drug-likeness (QED) is 0.609. The molecule has 2 unspecified atom stereocenters. The SMILES string of the molecule is CCOC(=O)C1(C2(O)CCCC(C)CC2)CC1. The number of rotatable bonds is 3. The highest BCUT2D eigenvalue weighted by Crippen LogP contribution is 2.59. The van der Waals surface area contributed by atoms with Crippen LogP contribution in [0.4, 0.5) is 0 Å². The van der Waals surface area contributed by atoms with Gasteiger partial charge in [-0.3, -0.25) is 4.79 Å². The van der Waals surface area contributed by atoms with E-state index in [-0.39, 0.29) is 5.97 Å². The van der Waals surface area contributed by atoms with Crippen molar-refractivity contribution in [3.63, 3.8) is 0 Å². The summed E-state index contributed by atoms with van der Waals surface area (Å²) in [7, 11) is 0. The number of aliphatic hydroxyl groups is 1. The van der Waals surface area contributed by atoms with Gasteiger partial charge in [-0.1, -0.05) is 19.8 Å². The molecule has 1 N–H and O–H groups in total. The fourth-order valence-electron chi connectivity index (χ4n) is 3.23. The Morgan fingerprint density at radius 3 is 2.59 bits per heavy atom. The van der Waals surface area contributed by atoms with Gasteiger partial charge >= 0.3 is 5.97 Å². The molecule has 0 spiro atoms. The summed E-state index contributed by atoms with van der Waals surface area (Å²) >= 11 is 0. The Hall–Kier alpha value is -0.570. The summed E-state index contributed by atoms with van der Waals surface area (Å²) < 4.78 is 5.16. The fourth-order valence-corrected chi connectivity index (χ4v) is 3.23. The lowest BCUT2D eigenvalue weighted by Gasteiger charge is -2.34. The van der Waals surface area contributed by atoms with Crippen molar-refractivity contribution in [3.05, 3.63) is 0 Å². The largest absolute Gasteiger partial charge is 0.465 e. The Balaban J connectivity index is 2.11. The molecule has 17 heavy (non-hydrogen) atoms. The number of hydrogen-bond acceptors (Lipinski definition) is 3. The van der Waals surface area contributed by atoms with E-state index in [1.54, 1.807) is 0 Å². The Labute approximate surface area is 104 Å². The van der Waals surface area contributed by atoms with E-state index in [0.29, 0.717) is 12.5 Å². The van der Waals surface area contributed by atoms with Gasteiger partial charge in [-0.25, -0.2) is 0 Å². The fraction of sp³-hybridized carbons (Fsp3) is 0.929. The van der Waals surface area contributed by atoms with Crippen molar-refractivity contribution in [1.82, 2.24) is 0 Å². The summed E-state index contributed by atoms with van der Waals surface area (Å²) in [6.07, 6.45) is 6.34. The Morgan fingerprint density at radius 2 is 2.00 bits per heavy atom. The van der Waals surface area contributed by atoms with Crippen LogP contribution >= 0.6 is 0 Å². The molecule has 0 aromatic carbocycles. The van der Waals surface area contributed by atoms with Crippen LogP contribution in [0.1, 0.15) is 58.8 Å². The number of carbonyl (C=O) groups excluding carboxylic acids is 1. The average molecular weight is 240 g/mol. The molecular weight excluding hydrogens is 216 g/mol.